The van der Waals surface area contributed by atoms with E-state index in [1.807, 2.05) is 23.9 Å². The number of hydrogen-bond acceptors (Lipinski definition) is 4. The average molecular weight is 266 g/mol. The maximum Gasteiger partial charge on any atom is 0.142 e. The van der Waals surface area contributed by atoms with Crippen molar-refractivity contribution in [2.45, 2.75) is 25.9 Å². The highest BCUT2D eigenvalue weighted by atomic mass is 32.2. The van der Waals surface area contributed by atoms with Gasteiger partial charge in [0, 0.05) is 18.8 Å². The summed E-state index contributed by atoms with van der Waals surface area (Å²) < 4.78 is 0. The van der Waals surface area contributed by atoms with Crippen LogP contribution in [0.4, 0.5) is 0 Å². The van der Waals surface area contributed by atoms with Gasteiger partial charge in [0.05, 0.1) is 0 Å². The van der Waals surface area contributed by atoms with Gasteiger partial charge in [-0.15, -0.1) is 0 Å². The zero-order valence-corrected chi connectivity index (χ0v) is 12.1. The van der Waals surface area contributed by atoms with Gasteiger partial charge in [0.25, 0.3) is 0 Å². The summed E-state index contributed by atoms with van der Waals surface area (Å²) in [4.78, 5) is 6.45. The van der Waals surface area contributed by atoms with Gasteiger partial charge in [-0.05, 0) is 44.0 Å². The molecule has 0 saturated carbocycles. The largest absolute Gasteiger partial charge is 0.382 e. The fraction of sp³-hybridized carbons (Fsp3) is 0.538. The summed E-state index contributed by atoms with van der Waals surface area (Å²) in [7, 11) is 2.10. The van der Waals surface area contributed by atoms with Gasteiger partial charge in [0.1, 0.15) is 11.5 Å². The molecule has 0 spiro atoms. The van der Waals surface area contributed by atoms with Crippen LogP contribution in [0.3, 0.4) is 0 Å². The third-order valence-corrected chi connectivity index (χ3v) is 3.70. The number of thioether (sulfide) groups is 1. The van der Waals surface area contributed by atoms with Gasteiger partial charge in [-0.2, -0.15) is 11.8 Å². The van der Waals surface area contributed by atoms with Crippen LogP contribution >= 0.6 is 11.8 Å². The molecule has 0 aliphatic rings. The minimum atomic E-state index is 0.0377. The molecular formula is C13H22N4S. The van der Waals surface area contributed by atoms with Crippen molar-refractivity contribution in [1.82, 2.24) is 9.88 Å². The Balaban J connectivity index is 2.69. The van der Waals surface area contributed by atoms with E-state index in [0.717, 1.165) is 24.3 Å². The molecule has 5 heteroatoms. The second-order valence-corrected chi connectivity index (χ2v) is 5.46. The number of pyridine rings is 1. The molecule has 0 bridgehead atoms. The van der Waals surface area contributed by atoms with Crippen LogP contribution in [-0.2, 0) is 6.54 Å². The zero-order valence-electron chi connectivity index (χ0n) is 11.3. The summed E-state index contributed by atoms with van der Waals surface area (Å²) in [5.41, 5.74) is 7.16. The van der Waals surface area contributed by atoms with E-state index in [1.54, 1.807) is 6.20 Å². The molecular weight excluding hydrogens is 244 g/mol. The van der Waals surface area contributed by atoms with E-state index < -0.39 is 0 Å². The van der Waals surface area contributed by atoms with E-state index in [9.17, 15) is 0 Å². The molecule has 100 valence electrons. The summed E-state index contributed by atoms with van der Waals surface area (Å²) in [6, 6.07) is 4.39. The van der Waals surface area contributed by atoms with Crippen LogP contribution in [0.2, 0.25) is 0 Å². The molecule has 4 nitrogen and oxygen atoms in total. The smallest absolute Gasteiger partial charge is 0.142 e. The van der Waals surface area contributed by atoms with E-state index >= 15 is 0 Å². The minimum Gasteiger partial charge on any atom is -0.382 e. The van der Waals surface area contributed by atoms with E-state index in [4.69, 9.17) is 11.1 Å². The number of nitrogens with two attached hydrogens (primary N) is 1. The molecule has 3 N–H and O–H groups in total. The summed E-state index contributed by atoms with van der Waals surface area (Å²) >= 11 is 1.87. The third kappa shape index (κ3) is 4.31. The van der Waals surface area contributed by atoms with Crippen molar-refractivity contribution in [2.75, 3.05) is 19.1 Å². The number of nitrogens with one attached hydrogen (secondary N) is 1. The van der Waals surface area contributed by atoms with Gasteiger partial charge in [0.2, 0.25) is 0 Å². The summed E-state index contributed by atoms with van der Waals surface area (Å²) in [6.07, 6.45) is 4.96. The van der Waals surface area contributed by atoms with Crippen molar-refractivity contribution in [2.24, 2.45) is 5.73 Å². The lowest BCUT2D eigenvalue weighted by molar-refractivity contribution is 0.244. The monoisotopic (exact) mass is 266 g/mol. The maximum atomic E-state index is 7.53. The standard InChI is InChI=1S/C13H22N4S/c1-10(6-8-18-3)17(2)9-11-5-4-7-16-12(11)13(14)15/h4-5,7,10H,6,8-9H2,1-3H3,(H3,14,15). The Hall–Kier alpha value is -1.07. The molecule has 1 atom stereocenters. The molecule has 0 fully saturated rings. The van der Waals surface area contributed by atoms with E-state index in [-0.39, 0.29) is 5.84 Å². The summed E-state index contributed by atoms with van der Waals surface area (Å²) in [5.74, 6) is 1.20. The quantitative estimate of drug-likeness (QED) is 0.585. The molecule has 1 rings (SSSR count). The van der Waals surface area contributed by atoms with Crippen LogP contribution in [0.25, 0.3) is 0 Å². The minimum absolute atomic E-state index is 0.0377. The highest BCUT2D eigenvalue weighted by molar-refractivity contribution is 7.98. The van der Waals surface area contributed by atoms with Gasteiger partial charge in [-0.25, -0.2) is 0 Å². The Morgan fingerprint density at radius 2 is 2.33 bits per heavy atom. The van der Waals surface area contributed by atoms with Crippen molar-refractivity contribution in [1.29, 1.82) is 5.41 Å². The lowest BCUT2D eigenvalue weighted by Crippen LogP contribution is -2.30. The lowest BCUT2D eigenvalue weighted by Gasteiger charge is -2.25. The van der Waals surface area contributed by atoms with E-state index in [0.29, 0.717) is 11.7 Å². The average Bonchev–Trinajstić information content (AvgIpc) is 2.36. The number of hydrogen-bond donors (Lipinski definition) is 2. The molecule has 1 unspecified atom stereocenters. The molecule has 1 heterocycles. The van der Waals surface area contributed by atoms with Crippen LogP contribution in [0, 0.1) is 5.41 Å². The first-order chi connectivity index (χ1) is 8.56. The fourth-order valence-corrected chi connectivity index (χ4v) is 2.32. The normalized spacial score (nSPS) is 12.7. The first-order valence-corrected chi connectivity index (χ1v) is 7.43. The highest BCUT2D eigenvalue weighted by Crippen LogP contribution is 2.12. The topological polar surface area (TPSA) is 66.0 Å². The molecule has 18 heavy (non-hydrogen) atoms. The first kappa shape index (κ1) is 15.0. The lowest BCUT2D eigenvalue weighted by atomic mass is 10.1. The number of nitrogen functional groups attached to an aromatic ring is 1. The van der Waals surface area contributed by atoms with E-state index in [1.165, 1.54) is 0 Å². The van der Waals surface area contributed by atoms with Crippen molar-refractivity contribution in [3.8, 4) is 0 Å². The van der Waals surface area contributed by atoms with Gasteiger partial charge < -0.3 is 5.73 Å². The molecule has 0 aliphatic heterocycles. The second kappa shape index (κ2) is 7.38. The zero-order chi connectivity index (χ0) is 13.5. The molecule has 0 amide bonds. The molecule has 1 aromatic heterocycles. The van der Waals surface area contributed by atoms with Gasteiger partial charge in [0.15, 0.2) is 0 Å². The van der Waals surface area contributed by atoms with Crippen molar-refractivity contribution >= 4 is 17.6 Å². The van der Waals surface area contributed by atoms with Gasteiger partial charge in [-0.3, -0.25) is 15.3 Å². The molecule has 0 saturated heterocycles. The van der Waals surface area contributed by atoms with Crippen LogP contribution in [0.5, 0.6) is 0 Å². The molecule has 1 aromatic rings. The Morgan fingerprint density at radius 3 is 2.94 bits per heavy atom. The van der Waals surface area contributed by atoms with Crippen LogP contribution in [0.1, 0.15) is 24.6 Å². The Kier molecular flexibility index (Phi) is 6.15. The molecule has 0 aromatic carbocycles. The van der Waals surface area contributed by atoms with Gasteiger partial charge >= 0.3 is 0 Å². The number of amidine groups is 1. The maximum absolute atomic E-state index is 7.53. The Bertz CT molecular complexity index is 394. The number of aromatic nitrogens is 1. The first-order valence-electron chi connectivity index (χ1n) is 6.03. The SMILES string of the molecule is CSCCC(C)N(C)Cc1cccnc1C(=N)N. The Morgan fingerprint density at radius 1 is 1.61 bits per heavy atom. The molecule has 0 aliphatic carbocycles. The van der Waals surface area contributed by atoms with E-state index in [2.05, 4.69) is 30.1 Å². The summed E-state index contributed by atoms with van der Waals surface area (Å²) in [5, 5.41) is 7.53. The van der Waals surface area contributed by atoms with Crippen molar-refractivity contribution in [3.63, 3.8) is 0 Å². The van der Waals surface area contributed by atoms with Crippen LogP contribution in [0.15, 0.2) is 18.3 Å². The second-order valence-electron chi connectivity index (χ2n) is 4.47. The summed E-state index contributed by atoms with van der Waals surface area (Å²) in [6.45, 7) is 3.00. The number of nitrogens with zero attached hydrogens (tertiary/aromatic N) is 2. The van der Waals surface area contributed by atoms with Crippen molar-refractivity contribution < 1.29 is 0 Å². The van der Waals surface area contributed by atoms with Gasteiger partial charge in [-0.1, -0.05) is 6.07 Å². The third-order valence-electron chi connectivity index (χ3n) is 3.06. The predicted molar refractivity (Wildman–Crippen MR) is 79.2 cm³/mol. The number of rotatable bonds is 7. The molecule has 0 radical (unpaired) electrons. The highest BCUT2D eigenvalue weighted by Gasteiger charge is 2.13. The van der Waals surface area contributed by atoms with Crippen LogP contribution < -0.4 is 5.73 Å². The Labute approximate surface area is 113 Å². The predicted octanol–water partition coefficient (Wildman–Crippen LogP) is 1.94. The van der Waals surface area contributed by atoms with Crippen molar-refractivity contribution in [3.05, 3.63) is 29.6 Å². The van der Waals surface area contributed by atoms with Crippen LogP contribution in [-0.4, -0.2) is 40.8 Å². The fourth-order valence-electron chi connectivity index (χ4n) is 1.74.